The molecule has 0 atom stereocenters. The molecule has 2 saturated carbocycles. The molecular formula is C36H47Cl2FeN3OSi. The first kappa shape index (κ1) is 34.9. The van der Waals surface area contributed by atoms with E-state index in [2.05, 4.69) is 96.6 Å². The summed E-state index contributed by atoms with van der Waals surface area (Å²) in [5.41, 5.74) is 11.8. The minimum absolute atomic E-state index is 0.194. The predicted molar refractivity (Wildman–Crippen MR) is 188 cm³/mol. The Bertz CT molecular complexity index is 1350. The first-order valence-electron chi connectivity index (χ1n) is 15.9. The number of aliphatic imine (C=N–C) groups is 2. The summed E-state index contributed by atoms with van der Waals surface area (Å²) in [6.45, 7) is 15.2. The van der Waals surface area contributed by atoms with Gasteiger partial charge in [0.25, 0.3) is 8.32 Å². The summed E-state index contributed by atoms with van der Waals surface area (Å²) in [6, 6.07) is 17.0. The third-order valence-electron chi connectivity index (χ3n) is 9.65. The molecule has 0 N–H and O–H groups in total. The fraction of sp³-hybridized carbons (Fsp3) is 0.472. The van der Waals surface area contributed by atoms with Gasteiger partial charge in [0, 0.05) is 12.1 Å². The van der Waals surface area contributed by atoms with Crippen molar-refractivity contribution in [1.82, 2.24) is 4.98 Å². The number of nitrogens with zero attached hydrogens (tertiary/aromatic N) is 3. The number of rotatable bonds is 8. The molecule has 1 heterocycles. The van der Waals surface area contributed by atoms with E-state index in [1.165, 1.54) is 73.6 Å². The van der Waals surface area contributed by atoms with Crippen LogP contribution < -0.4 is 4.43 Å². The zero-order chi connectivity index (χ0) is 31.9. The van der Waals surface area contributed by atoms with Gasteiger partial charge in [0.15, 0.2) is 0 Å². The van der Waals surface area contributed by atoms with E-state index in [0.29, 0.717) is 0 Å². The maximum absolute atomic E-state index is 7.34. The topological polar surface area (TPSA) is 46.8 Å². The van der Waals surface area contributed by atoms with Gasteiger partial charge in [-0.15, -0.1) is 0 Å². The summed E-state index contributed by atoms with van der Waals surface area (Å²) in [7, 11) is 7.50. The van der Waals surface area contributed by atoms with Crippen molar-refractivity contribution >= 4 is 51.3 Å². The zero-order valence-corrected chi connectivity index (χ0v) is 30.9. The van der Waals surface area contributed by atoms with E-state index in [0.717, 1.165) is 51.0 Å². The molecule has 2 aliphatic carbocycles. The Morgan fingerprint density at radius 2 is 1.07 bits per heavy atom. The summed E-state index contributed by atoms with van der Waals surface area (Å²) < 4.78 is 7.34. The van der Waals surface area contributed by atoms with Gasteiger partial charge in [-0.1, -0.05) is 62.1 Å². The van der Waals surface area contributed by atoms with E-state index in [1.807, 2.05) is 0 Å². The number of aromatic nitrogens is 1. The number of aryl methyl sites for hydroxylation is 4. The van der Waals surface area contributed by atoms with Crippen LogP contribution in [0.25, 0.3) is 0 Å². The normalized spacial score (nSPS) is 16.8. The first-order chi connectivity index (χ1) is 21.1. The van der Waals surface area contributed by atoms with Crippen LogP contribution in [-0.2, 0) is 13.1 Å². The predicted octanol–water partition coefficient (Wildman–Crippen LogP) is 11.8. The van der Waals surface area contributed by atoms with Gasteiger partial charge < -0.3 is 4.43 Å². The van der Waals surface area contributed by atoms with E-state index in [9.17, 15) is 0 Å². The van der Waals surface area contributed by atoms with E-state index >= 15 is 0 Å². The van der Waals surface area contributed by atoms with E-state index in [1.54, 1.807) is 0 Å². The Morgan fingerprint density at radius 3 is 1.41 bits per heavy atom. The number of halogens is 2. The fourth-order valence-electron chi connectivity index (χ4n) is 7.10. The van der Waals surface area contributed by atoms with Crippen molar-refractivity contribution in [3.8, 4) is 5.75 Å². The Hall–Kier alpha value is -1.95. The maximum atomic E-state index is 7.34. The van der Waals surface area contributed by atoms with Crippen LogP contribution in [0.2, 0.25) is 17.6 Å². The number of benzene rings is 2. The molecule has 3 aromatic rings. The van der Waals surface area contributed by atoms with E-state index in [4.69, 9.17) is 39.6 Å². The van der Waals surface area contributed by atoms with Crippen LogP contribution in [0, 0.1) is 27.7 Å². The molecule has 44 heavy (non-hydrogen) atoms. The zero-order valence-electron chi connectivity index (χ0n) is 27.3. The molecule has 0 aliphatic heterocycles. The second kappa shape index (κ2) is 16.0. The van der Waals surface area contributed by atoms with Crippen molar-refractivity contribution in [1.29, 1.82) is 0 Å². The molecule has 0 saturated heterocycles. The third kappa shape index (κ3) is 8.44. The Kier molecular flexibility index (Phi) is 12.7. The average molecular weight is 693 g/mol. The minimum atomic E-state index is -2.03. The summed E-state index contributed by atoms with van der Waals surface area (Å²) in [5, 5.41) is 0. The van der Waals surface area contributed by atoms with Gasteiger partial charge >= 0.3 is 33.3 Å². The van der Waals surface area contributed by atoms with Gasteiger partial charge in [-0.05, 0) is 107 Å². The molecule has 0 amide bonds. The summed E-state index contributed by atoms with van der Waals surface area (Å²) >= 11 is 0.194. The van der Waals surface area contributed by atoms with Gasteiger partial charge in [0.1, 0.15) is 5.75 Å². The molecule has 8 heteroatoms. The van der Waals surface area contributed by atoms with Crippen LogP contribution in [0.3, 0.4) is 0 Å². The van der Waals surface area contributed by atoms with Crippen LogP contribution in [-0.4, -0.2) is 24.7 Å². The van der Waals surface area contributed by atoms with Gasteiger partial charge in [-0.2, -0.15) is 0 Å². The van der Waals surface area contributed by atoms with Crippen LogP contribution in [0.15, 0.2) is 58.5 Å². The van der Waals surface area contributed by atoms with Crippen LogP contribution >= 0.6 is 20.2 Å². The van der Waals surface area contributed by atoms with Gasteiger partial charge in [0.2, 0.25) is 0 Å². The second-order valence-electron chi connectivity index (χ2n) is 12.7. The van der Waals surface area contributed by atoms with Gasteiger partial charge in [0.05, 0.1) is 34.2 Å². The molecule has 238 valence electrons. The molecule has 1 aromatic heterocycles. The van der Waals surface area contributed by atoms with Gasteiger partial charge in [-0.25, -0.2) is 4.98 Å². The van der Waals surface area contributed by atoms with Crippen molar-refractivity contribution in [3.05, 3.63) is 82.2 Å². The second-order valence-corrected chi connectivity index (χ2v) is 18.8. The van der Waals surface area contributed by atoms with Crippen molar-refractivity contribution in [3.63, 3.8) is 0 Å². The van der Waals surface area contributed by atoms with E-state index in [-0.39, 0.29) is 13.1 Å². The summed E-state index contributed by atoms with van der Waals surface area (Å²) in [6.07, 6.45) is 10.7. The summed E-state index contributed by atoms with van der Waals surface area (Å²) in [4.78, 5) is 15.4. The molecule has 5 rings (SSSR count). The standard InChI is InChI=1S/C36H47N3OSi.2ClH.Fe/c1-24-14-12-15-25(2)35(24)37-28(5)33-22-30(40-41(7,31-18-8-9-19-31)32-20-10-11-21-32)23-34(39-33)29(6)38-36-26(3)16-13-17-27(36)4;;;/h12-17,22-23,31-32H,8-11,18-21H2,1-7H3;2*1H;/q;;;+2/p-2. The quantitative estimate of drug-likeness (QED) is 0.174. The molecule has 2 aliphatic rings. The Balaban J connectivity index is 0.00000141. The van der Waals surface area contributed by atoms with Gasteiger partial charge in [-0.3, -0.25) is 9.98 Å². The molecular weight excluding hydrogens is 645 g/mol. The van der Waals surface area contributed by atoms with Crippen molar-refractivity contribution in [2.45, 2.75) is 111 Å². The fourth-order valence-corrected chi connectivity index (χ4v) is 11.8. The molecule has 4 nitrogen and oxygen atoms in total. The van der Waals surface area contributed by atoms with Crippen LogP contribution in [0.4, 0.5) is 11.4 Å². The Labute approximate surface area is 280 Å². The average Bonchev–Trinajstić information content (AvgIpc) is 3.73. The van der Waals surface area contributed by atoms with Crippen LogP contribution in [0.1, 0.15) is 98.9 Å². The molecule has 0 radical (unpaired) electrons. The molecule has 0 bridgehead atoms. The van der Waals surface area contributed by atoms with E-state index < -0.39 is 8.32 Å². The molecule has 2 aromatic carbocycles. The molecule has 0 spiro atoms. The first-order valence-corrected chi connectivity index (χ1v) is 21.5. The van der Waals surface area contributed by atoms with Crippen molar-refractivity contribution in [2.75, 3.05) is 0 Å². The number of hydrogen-bond acceptors (Lipinski definition) is 4. The third-order valence-corrected chi connectivity index (χ3v) is 14.7. The molecule has 0 unspecified atom stereocenters. The number of hydrogen-bond donors (Lipinski definition) is 0. The molecule has 2 fully saturated rings. The van der Waals surface area contributed by atoms with Crippen molar-refractivity contribution in [2.24, 2.45) is 9.98 Å². The Morgan fingerprint density at radius 1 is 0.727 bits per heavy atom. The monoisotopic (exact) mass is 691 g/mol. The SMILES string of the molecule is CC(=Nc1c(C)cccc1C)c1cc(O[Si](C)(C2CCCC2)C2CCCC2)cc(C(C)=Nc2c(C)cccc2C)n1.[Cl][Fe][Cl]. The summed E-state index contributed by atoms with van der Waals surface area (Å²) in [5.74, 6) is 0.949. The van der Waals surface area contributed by atoms with Crippen LogP contribution in [0.5, 0.6) is 5.75 Å². The number of pyridine rings is 1. The number of para-hydroxylation sites is 2. The van der Waals surface area contributed by atoms with Crippen molar-refractivity contribution < 1.29 is 17.6 Å².